The van der Waals surface area contributed by atoms with Crippen molar-refractivity contribution in [3.8, 4) is 5.75 Å². The highest BCUT2D eigenvalue weighted by atomic mass is 35.5. The van der Waals surface area contributed by atoms with Gasteiger partial charge in [0.25, 0.3) is 0 Å². The maximum atomic E-state index is 11.5. The van der Waals surface area contributed by atoms with E-state index in [1.807, 2.05) is 13.8 Å². The van der Waals surface area contributed by atoms with Crippen molar-refractivity contribution in [1.29, 1.82) is 0 Å². The number of hydrogen-bond donors (Lipinski definition) is 0. The molecule has 0 N–H and O–H groups in total. The third kappa shape index (κ3) is 2.96. The first kappa shape index (κ1) is 13.6. The maximum Gasteiger partial charge on any atom is 0.163 e. The third-order valence-electron chi connectivity index (χ3n) is 2.87. The molecule has 5 heteroatoms. The summed E-state index contributed by atoms with van der Waals surface area (Å²) in [5.41, 5.74) is 2.15. The van der Waals surface area contributed by atoms with Gasteiger partial charge in [-0.05, 0) is 39.0 Å². The smallest absolute Gasteiger partial charge is 0.163 e. The SMILES string of the molecule is CC(=O)c1cc(Cl)ccc1OCc1c(C)noc1C. The van der Waals surface area contributed by atoms with E-state index >= 15 is 0 Å². The molecule has 0 aliphatic rings. The second-order valence-corrected chi connectivity index (χ2v) is 4.72. The van der Waals surface area contributed by atoms with Crippen LogP contribution in [0.3, 0.4) is 0 Å². The van der Waals surface area contributed by atoms with Gasteiger partial charge < -0.3 is 9.26 Å². The number of carbonyl (C=O) groups excluding carboxylic acids is 1. The summed E-state index contributed by atoms with van der Waals surface area (Å²) in [4.78, 5) is 11.5. The molecule has 4 nitrogen and oxygen atoms in total. The molecule has 0 atom stereocenters. The first-order valence-electron chi connectivity index (χ1n) is 5.84. The van der Waals surface area contributed by atoms with Crippen LogP contribution in [-0.4, -0.2) is 10.9 Å². The molecule has 0 aliphatic carbocycles. The van der Waals surface area contributed by atoms with Crippen molar-refractivity contribution in [2.24, 2.45) is 0 Å². The highest BCUT2D eigenvalue weighted by Gasteiger charge is 2.13. The summed E-state index contributed by atoms with van der Waals surface area (Å²) in [7, 11) is 0. The van der Waals surface area contributed by atoms with Gasteiger partial charge in [0.2, 0.25) is 0 Å². The second kappa shape index (κ2) is 5.45. The molecule has 0 spiro atoms. The molecule has 0 amide bonds. The van der Waals surface area contributed by atoms with Crippen LogP contribution >= 0.6 is 11.6 Å². The summed E-state index contributed by atoms with van der Waals surface area (Å²) in [6.07, 6.45) is 0. The van der Waals surface area contributed by atoms with Gasteiger partial charge in [0.15, 0.2) is 5.78 Å². The van der Waals surface area contributed by atoms with Crippen molar-refractivity contribution in [1.82, 2.24) is 5.16 Å². The largest absolute Gasteiger partial charge is 0.488 e. The van der Waals surface area contributed by atoms with Gasteiger partial charge in [-0.25, -0.2) is 0 Å². The van der Waals surface area contributed by atoms with E-state index in [-0.39, 0.29) is 5.78 Å². The van der Waals surface area contributed by atoms with Gasteiger partial charge in [0, 0.05) is 5.02 Å². The highest BCUT2D eigenvalue weighted by molar-refractivity contribution is 6.31. The molecule has 0 saturated carbocycles. The lowest BCUT2D eigenvalue weighted by Crippen LogP contribution is -2.02. The average molecular weight is 280 g/mol. The van der Waals surface area contributed by atoms with E-state index in [0.29, 0.717) is 22.9 Å². The van der Waals surface area contributed by atoms with Crippen LogP contribution in [0.5, 0.6) is 5.75 Å². The summed E-state index contributed by atoms with van der Waals surface area (Å²) in [6.45, 7) is 5.47. The highest BCUT2D eigenvalue weighted by Crippen LogP contribution is 2.25. The van der Waals surface area contributed by atoms with Gasteiger partial charge in [0.1, 0.15) is 18.1 Å². The minimum Gasteiger partial charge on any atom is -0.488 e. The minimum atomic E-state index is -0.0868. The predicted octanol–water partition coefficient (Wildman–Crippen LogP) is 3.73. The zero-order valence-electron chi connectivity index (χ0n) is 11.0. The van der Waals surface area contributed by atoms with Crippen LogP contribution in [0.4, 0.5) is 0 Å². The van der Waals surface area contributed by atoms with Gasteiger partial charge >= 0.3 is 0 Å². The van der Waals surface area contributed by atoms with Crippen molar-refractivity contribution in [3.63, 3.8) is 0 Å². The fourth-order valence-corrected chi connectivity index (χ4v) is 1.93. The Bertz CT molecular complexity index is 600. The van der Waals surface area contributed by atoms with Gasteiger partial charge in [-0.3, -0.25) is 4.79 Å². The summed E-state index contributed by atoms with van der Waals surface area (Å²) < 4.78 is 10.7. The molecule has 1 aromatic heterocycles. The van der Waals surface area contributed by atoms with E-state index in [0.717, 1.165) is 17.0 Å². The molecular weight excluding hydrogens is 266 g/mol. The second-order valence-electron chi connectivity index (χ2n) is 4.29. The number of rotatable bonds is 4. The van der Waals surface area contributed by atoms with Crippen LogP contribution in [0.15, 0.2) is 22.7 Å². The van der Waals surface area contributed by atoms with E-state index in [4.69, 9.17) is 20.9 Å². The molecule has 0 unspecified atom stereocenters. The fraction of sp³-hybridized carbons (Fsp3) is 0.286. The van der Waals surface area contributed by atoms with Crippen LogP contribution in [0.1, 0.15) is 34.3 Å². The fourth-order valence-electron chi connectivity index (χ4n) is 1.76. The lowest BCUT2D eigenvalue weighted by Gasteiger charge is -2.09. The molecule has 2 aromatic rings. The molecule has 0 fully saturated rings. The van der Waals surface area contributed by atoms with Crippen LogP contribution in [0, 0.1) is 13.8 Å². The molecule has 1 heterocycles. The van der Waals surface area contributed by atoms with Crippen molar-refractivity contribution >= 4 is 17.4 Å². The molecular formula is C14H14ClNO3. The molecule has 2 rings (SSSR count). The number of halogens is 1. The van der Waals surface area contributed by atoms with E-state index in [1.165, 1.54) is 6.92 Å². The van der Waals surface area contributed by atoms with E-state index in [2.05, 4.69) is 5.16 Å². The number of Topliss-reactive ketones (excluding diaryl/α,β-unsaturated/α-hetero) is 1. The van der Waals surface area contributed by atoms with Crippen molar-refractivity contribution in [2.75, 3.05) is 0 Å². The molecule has 0 radical (unpaired) electrons. The number of hydrogen-bond acceptors (Lipinski definition) is 4. The van der Waals surface area contributed by atoms with Gasteiger partial charge in [0.05, 0.1) is 16.8 Å². The molecule has 0 aliphatic heterocycles. The molecule has 1 aromatic carbocycles. The van der Waals surface area contributed by atoms with Crippen molar-refractivity contribution in [3.05, 3.63) is 45.8 Å². The number of benzene rings is 1. The predicted molar refractivity (Wildman–Crippen MR) is 71.8 cm³/mol. The number of carbonyl (C=O) groups is 1. The lowest BCUT2D eigenvalue weighted by atomic mass is 10.1. The first-order chi connectivity index (χ1) is 8.99. The number of nitrogens with zero attached hydrogens (tertiary/aromatic N) is 1. The third-order valence-corrected chi connectivity index (χ3v) is 3.11. The Morgan fingerprint density at radius 1 is 1.42 bits per heavy atom. The van der Waals surface area contributed by atoms with Crippen LogP contribution in [-0.2, 0) is 6.61 Å². The number of aromatic nitrogens is 1. The topological polar surface area (TPSA) is 52.3 Å². The van der Waals surface area contributed by atoms with Crippen LogP contribution < -0.4 is 4.74 Å². The first-order valence-corrected chi connectivity index (χ1v) is 6.22. The molecule has 0 saturated heterocycles. The summed E-state index contributed by atoms with van der Waals surface area (Å²) in [6, 6.07) is 4.99. The molecule has 0 bridgehead atoms. The van der Waals surface area contributed by atoms with Crippen molar-refractivity contribution in [2.45, 2.75) is 27.4 Å². The summed E-state index contributed by atoms with van der Waals surface area (Å²) in [5.74, 6) is 1.14. The van der Waals surface area contributed by atoms with Crippen molar-refractivity contribution < 1.29 is 14.1 Å². The number of ether oxygens (including phenoxy) is 1. The summed E-state index contributed by atoms with van der Waals surface area (Å²) in [5, 5.41) is 4.37. The quantitative estimate of drug-likeness (QED) is 0.800. The Labute approximate surface area is 116 Å². The summed E-state index contributed by atoms with van der Waals surface area (Å²) >= 11 is 5.88. The monoisotopic (exact) mass is 279 g/mol. The van der Waals surface area contributed by atoms with E-state index < -0.39 is 0 Å². The normalized spacial score (nSPS) is 10.5. The van der Waals surface area contributed by atoms with Crippen LogP contribution in [0.25, 0.3) is 0 Å². The molecule has 100 valence electrons. The van der Waals surface area contributed by atoms with Gasteiger partial charge in [-0.15, -0.1) is 0 Å². The Morgan fingerprint density at radius 3 is 2.74 bits per heavy atom. The molecule has 19 heavy (non-hydrogen) atoms. The van der Waals surface area contributed by atoms with Gasteiger partial charge in [-0.1, -0.05) is 16.8 Å². The van der Waals surface area contributed by atoms with E-state index in [9.17, 15) is 4.79 Å². The number of ketones is 1. The van der Waals surface area contributed by atoms with E-state index in [1.54, 1.807) is 18.2 Å². The zero-order valence-corrected chi connectivity index (χ0v) is 11.7. The van der Waals surface area contributed by atoms with Crippen LogP contribution in [0.2, 0.25) is 5.02 Å². The Balaban J connectivity index is 2.23. The Morgan fingerprint density at radius 2 is 2.16 bits per heavy atom. The minimum absolute atomic E-state index is 0.0868. The Hall–Kier alpha value is -1.81. The lowest BCUT2D eigenvalue weighted by molar-refractivity contribution is 0.101. The standard InChI is InChI=1S/C14H14ClNO3/c1-8-13(10(3)19-16-8)7-18-14-5-4-11(15)6-12(14)9(2)17/h4-6H,7H2,1-3H3. The Kier molecular flexibility index (Phi) is 3.90. The average Bonchev–Trinajstić information content (AvgIpc) is 2.68. The maximum absolute atomic E-state index is 11.5. The van der Waals surface area contributed by atoms with Gasteiger partial charge in [-0.2, -0.15) is 0 Å². The zero-order chi connectivity index (χ0) is 14.0. The number of aryl methyl sites for hydroxylation is 2.